The summed E-state index contributed by atoms with van der Waals surface area (Å²) >= 11 is 1.14. The monoisotopic (exact) mass is 239 g/mol. The summed E-state index contributed by atoms with van der Waals surface area (Å²) < 4.78 is 25.3. The molecule has 0 aliphatic rings. The first kappa shape index (κ1) is 11.2. The van der Waals surface area contributed by atoms with Crippen LogP contribution in [-0.2, 0) is 13.1 Å². The number of thiophene rings is 1. The maximum atomic E-state index is 12.7. The van der Waals surface area contributed by atoms with Crippen LogP contribution in [0.2, 0.25) is 0 Å². The van der Waals surface area contributed by atoms with Crippen LogP contribution >= 0.6 is 11.3 Å². The van der Waals surface area contributed by atoms with Crippen LogP contribution in [0.1, 0.15) is 10.4 Å². The lowest BCUT2D eigenvalue weighted by Crippen LogP contribution is -2.11. The minimum absolute atomic E-state index is 0.168. The van der Waals surface area contributed by atoms with Crippen LogP contribution in [0.3, 0.4) is 0 Å². The molecule has 0 saturated carbocycles. The molecule has 1 heterocycles. The third-order valence-corrected chi connectivity index (χ3v) is 3.04. The molecule has 0 bridgehead atoms. The van der Waals surface area contributed by atoms with Crippen molar-refractivity contribution in [1.29, 1.82) is 0 Å². The third-order valence-electron chi connectivity index (χ3n) is 2.17. The van der Waals surface area contributed by atoms with Gasteiger partial charge in [-0.05, 0) is 29.8 Å². The first-order valence-corrected chi connectivity index (χ1v) is 5.75. The highest BCUT2D eigenvalue weighted by Crippen LogP contribution is 2.13. The Balaban J connectivity index is 1.82. The first-order valence-electron chi connectivity index (χ1n) is 4.93. The number of benzene rings is 1. The smallest absolute Gasteiger partial charge is 0.176 e. The van der Waals surface area contributed by atoms with E-state index in [1.807, 2.05) is 0 Å². The summed E-state index contributed by atoms with van der Waals surface area (Å²) in [6.45, 7) is 1.28. The highest BCUT2D eigenvalue weighted by Gasteiger charge is 1.98. The van der Waals surface area contributed by atoms with Gasteiger partial charge in [0.05, 0.1) is 0 Å². The molecule has 0 aliphatic carbocycles. The minimum Gasteiger partial charge on any atom is -0.308 e. The molecule has 4 heteroatoms. The Labute approximate surface area is 96.7 Å². The second kappa shape index (κ2) is 5.18. The Hall–Kier alpha value is -1.26. The molecule has 2 rings (SSSR count). The van der Waals surface area contributed by atoms with Crippen molar-refractivity contribution in [3.8, 4) is 0 Å². The van der Waals surface area contributed by atoms with Crippen molar-refractivity contribution in [2.75, 3.05) is 0 Å². The molecule has 1 N–H and O–H groups in total. The molecule has 1 nitrogen and oxygen atoms in total. The molecule has 0 fully saturated rings. The van der Waals surface area contributed by atoms with Crippen molar-refractivity contribution in [2.24, 2.45) is 0 Å². The summed E-state index contributed by atoms with van der Waals surface area (Å²) in [6, 6.07) is 9.55. The molecule has 2 aromatic rings. The zero-order valence-electron chi connectivity index (χ0n) is 8.54. The molecule has 1 aromatic carbocycles. The zero-order chi connectivity index (χ0) is 11.4. The van der Waals surface area contributed by atoms with E-state index < -0.39 is 0 Å². The van der Waals surface area contributed by atoms with Crippen molar-refractivity contribution >= 4 is 11.3 Å². The van der Waals surface area contributed by atoms with Gasteiger partial charge in [-0.15, -0.1) is 11.3 Å². The molecule has 0 radical (unpaired) electrons. The quantitative estimate of drug-likeness (QED) is 0.863. The fourth-order valence-electron chi connectivity index (χ4n) is 1.38. The maximum Gasteiger partial charge on any atom is 0.176 e. The lowest BCUT2D eigenvalue weighted by atomic mass is 10.2. The second-order valence-corrected chi connectivity index (χ2v) is 4.55. The van der Waals surface area contributed by atoms with E-state index in [2.05, 4.69) is 5.32 Å². The van der Waals surface area contributed by atoms with Gasteiger partial charge in [-0.1, -0.05) is 12.1 Å². The predicted molar refractivity (Wildman–Crippen MR) is 61.2 cm³/mol. The van der Waals surface area contributed by atoms with Gasteiger partial charge >= 0.3 is 0 Å². The van der Waals surface area contributed by atoms with Gasteiger partial charge in [0.25, 0.3) is 0 Å². The van der Waals surface area contributed by atoms with Crippen LogP contribution in [0.5, 0.6) is 0 Å². The standard InChI is InChI=1S/C12H11F2NS/c13-10-3-1-9(2-4-10)7-15-8-11-5-6-12(14)16-11/h1-6,15H,7-8H2. The van der Waals surface area contributed by atoms with Gasteiger partial charge in [-0.3, -0.25) is 0 Å². The van der Waals surface area contributed by atoms with Crippen LogP contribution < -0.4 is 5.32 Å². The summed E-state index contributed by atoms with van der Waals surface area (Å²) in [5, 5.41) is 3.00. The largest absolute Gasteiger partial charge is 0.308 e. The number of hydrogen-bond acceptors (Lipinski definition) is 2. The van der Waals surface area contributed by atoms with E-state index in [1.54, 1.807) is 18.2 Å². The topological polar surface area (TPSA) is 12.0 Å². The van der Waals surface area contributed by atoms with Crippen LogP contribution in [0.15, 0.2) is 36.4 Å². The fraction of sp³-hybridized carbons (Fsp3) is 0.167. The van der Waals surface area contributed by atoms with Gasteiger partial charge in [0.15, 0.2) is 5.13 Å². The Kier molecular flexibility index (Phi) is 3.64. The van der Waals surface area contributed by atoms with E-state index in [-0.39, 0.29) is 10.9 Å². The molecular weight excluding hydrogens is 228 g/mol. The SMILES string of the molecule is Fc1ccc(CNCc2ccc(F)s2)cc1. The van der Waals surface area contributed by atoms with E-state index >= 15 is 0 Å². The summed E-state index contributed by atoms with van der Waals surface area (Å²) in [6.07, 6.45) is 0. The summed E-state index contributed by atoms with van der Waals surface area (Å²) in [5.74, 6) is -0.232. The number of nitrogens with one attached hydrogen (secondary N) is 1. The van der Waals surface area contributed by atoms with Gasteiger partial charge in [0, 0.05) is 18.0 Å². The Morgan fingerprint density at radius 2 is 1.69 bits per heavy atom. The summed E-state index contributed by atoms with van der Waals surface area (Å²) in [7, 11) is 0. The number of rotatable bonds is 4. The summed E-state index contributed by atoms with van der Waals surface area (Å²) in [4.78, 5) is 0.958. The summed E-state index contributed by atoms with van der Waals surface area (Å²) in [5.41, 5.74) is 1.01. The molecule has 0 unspecified atom stereocenters. The highest BCUT2D eigenvalue weighted by molar-refractivity contribution is 7.10. The average molecular weight is 239 g/mol. The third kappa shape index (κ3) is 3.12. The molecule has 0 spiro atoms. The Morgan fingerprint density at radius 3 is 2.31 bits per heavy atom. The maximum absolute atomic E-state index is 12.7. The molecule has 0 aliphatic heterocycles. The van der Waals surface area contributed by atoms with Gasteiger partial charge in [0.2, 0.25) is 0 Å². The normalized spacial score (nSPS) is 10.6. The van der Waals surface area contributed by atoms with Crippen molar-refractivity contribution < 1.29 is 8.78 Å². The van der Waals surface area contributed by atoms with Gasteiger partial charge in [0.1, 0.15) is 5.82 Å². The van der Waals surface area contributed by atoms with Gasteiger partial charge < -0.3 is 5.32 Å². The molecule has 0 atom stereocenters. The van der Waals surface area contributed by atoms with E-state index in [1.165, 1.54) is 18.2 Å². The van der Waals surface area contributed by atoms with Crippen molar-refractivity contribution in [1.82, 2.24) is 5.32 Å². The van der Waals surface area contributed by atoms with Gasteiger partial charge in [-0.25, -0.2) is 4.39 Å². The second-order valence-electron chi connectivity index (χ2n) is 3.44. The van der Waals surface area contributed by atoms with Crippen LogP contribution in [0, 0.1) is 10.9 Å². The molecule has 1 aromatic heterocycles. The Bertz CT molecular complexity index is 450. The fourth-order valence-corrected chi connectivity index (χ4v) is 2.08. The lowest BCUT2D eigenvalue weighted by Gasteiger charge is -2.02. The first-order chi connectivity index (χ1) is 7.74. The predicted octanol–water partition coefficient (Wildman–Crippen LogP) is 3.32. The van der Waals surface area contributed by atoms with E-state index in [0.29, 0.717) is 13.1 Å². The van der Waals surface area contributed by atoms with E-state index in [4.69, 9.17) is 0 Å². The van der Waals surface area contributed by atoms with Gasteiger partial charge in [-0.2, -0.15) is 4.39 Å². The van der Waals surface area contributed by atoms with Crippen LogP contribution in [0.4, 0.5) is 8.78 Å². The van der Waals surface area contributed by atoms with Crippen LogP contribution in [-0.4, -0.2) is 0 Å². The molecule has 84 valence electrons. The van der Waals surface area contributed by atoms with Crippen molar-refractivity contribution in [2.45, 2.75) is 13.1 Å². The van der Waals surface area contributed by atoms with E-state index in [9.17, 15) is 8.78 Å². The van der Waals surface area contributed by atoms with Crippen LogP contribution in [0.25, 0.3) is 0 Å². The molecule has 16 heavy (non-hydrogen) atoms. The Morgan fingerprint density at radius 1 is 0.938 bits per heavy atom. The molecule has 0 saturated heterocycles. The lowest BCUT2D eigenvalue weighted by molar-refractivity contribution is 0.625. The zero-order valence-corrected chi connectivity index (χ0v) is 9.36. The highest BCUT2D eigenvalue weighted by atomic mass is 32.1. The number of hydrogen-bond donors (Lipinski definition) is 1. The van der Waals surface area contributed by atoms with E-state index in [0.717, 1.165) is 21.8 Å². The average Bonchev–Trinajstić information content (AvgIpc) is 2.67. The minimum atomic E-state index is -0.232. The number of halogens is 2. The van der Waals surface area contributed by atoms with Crippen molar-refractivity contribution in [3.63, 3.8) is 0 Å². The molecular formula is C12H11F2NS. The van der Waals surface area contributed by atoms with Crippen molar-refractivity contribution in [3.05, 3.63) is 57.8 Å². The molecule has 0 amide bonds.